The molecule has 4 nitrogen and oxygen atoms in total. The minimum absolute atomic E-state index is 0.225. The molecule has 4 aromatic carbocycles. The van der Waals surface area contributed by atoms with E-state index in [0.29, 0.717) is 0 Å². The van der Waals surface area contributed by atoms with Gasteiger partial charge in [0.1, 0.15) is 11.5 Å². The predicted molar refractivity (Wildman–Crippen MR) is 144 cm³/mol. The fraction of sp³-hybridized carbons (Fsp3) is 0.200. The largest absolute Gasteiger partial charge is 0.491 e. The van der Waals surface area contributed by atoms with Gasteiger partial charge < -0.3 is 9.47 Å². The molecule has 182 valence electrons. The smallest absolute Gasteiger partial charge is 0.335 e. The Morgan fingerprint density at radius 3 is 0.971 bits per heavy atom. The van der Waals surface area contributed by atoms with Gasteiger partial charge in [-0.1, -0.05) is 84.9 Å². The Hall–Kier alpha value is -3.70. The lowest BCUT2D eigenvalue weighted by molar-refractivity contribution is 0.242. The van der Waals surface area contributed by atoms with E-state index >= 15 is 0 Å². The van der Waals surface area contributed by atoms with Crippen LogP contribution >= 0.6 is 0 Å². The third kappa shape index (κ3) is 10.4. The molecule has 5 heteroatoms. The van der Waals surface area contributed by atoms with Gasteiger partial charge in [-0.3, -0.25) is 0 Å². The Labute approximate surface area is 212 Å². The Kier molecular flexibility index (Phi) is 12.0. The first-order valence-corrected chi connectivity index (χ1v) is 12.2. The number of ether oxygens (including phenoxy) is 2. The lowest BCUT2D eigenvalue weighted by atomic mass is 10.1. The minimum atomic E-state index is -0.750. The molecule has 0 bridgehead atoms. The van der Waals surface area contributed by atoms with Crippen molar-refractivity contribution in [3.63, 3.8) is 0 Å². The summed E-state index contributed by atoms with van der Waals surface area (Å²) in [7, 11) is 0. The molecule has 0 atom stereocenters. The molecule has 0 N–H and O–H groups in total. The highest BCUT2D eigenvalue weighted by molar-refractivity contribution is 7.51. The monoisotopic (exact) mass is 488 g/mol. The van der Waals surface area contributed by atoms with E-state index in [2.05, 4.69) is 48.5 Å². The molecule has 0 saturated heterocycles. The molecular weight excluding hydrogens is 456 g/mol. The zero-order valence-electron chi connectivity index (χ0n) is 20.6. The molecule has 0 fully saturated rings. The van der Waals surface area contributed by atoms with Gasteiger partial charge in [0.25, 0.3) is 0 Å². The van der Waals surface area contributed by atoms with Crippen LogP contribution in [0.1, 0.15) is 27.7 Å². The molecule has 0 spiro atoms. The molecule has 0 aliphatic carbocycles. The van der Waals surface area contributed by atoms with Crippen molar-refractivity contribution in [2.45, 2.75) is 39.9 Å². The second-order valence-corrected chi connectivity index (χ2v) is 8.32. The summed E-state index contributed by atoms with van der Waals surface area (Å²) >= 11 is -0.750. The van der Waals surface area contributed by atoms with E-state index in [9.17, 15) is 0 Å². The van der Waals surface area contributed by atoms with Crippen molar-refractivity contribution in [3.05, 3.63) is 109 Å². The van der Waals surface area contributed by atoms with Crippen molar-refractivity contribution in [1.29, 1.82) is 0 Å². The van der Waals surface area contributed by atoms with E-state index in [-0.39, 0.29) is 12.2 Å². The van der Waals surface area contributed by atoms with E-state index in [4.69, 9.17) is 17.9 Å². The molecule has 0 aromatic heterocycles. The summed E-state index contributed by atoms with van der Waals surface area (Å²) in [5.41, 5.74) is 4.91. The Balaban J connectivity index is 0.000000222. The van der Waals surface area contributed by atoms with Crippen LogP contribution in [0.3, 0.4) is 0 Å². The summed E-state index contributed by atoms with van der Waals surface area (Å²) in [6.45, 7) is 8.13. The normalized spacial score (nSPS) is 9.89. The van der Waals surface area contributed by atoms with Crippen LogP contribution in [0.4, 0.5) is 0 Å². The highest BCUT2D eigenvalue weighted by Crippen LogP contribution is 2.23. The van der Waals surface area contributed by atoms with Crippen LogP contribution in [-0.4, -0.2) is 20.6 Å². The van der Waals surface area contributed by atoms with Gasteiger partial charge in [0.2, 0.25) is 0 Å². The van der Waals surface area contributed by atoms with Crippen molar-refractivity contribution >= 4 is 11.6 Å². The molecule has 0 saturated carbocycles. The molecule has 0 heterocycles. The van der Waals surface area contributed by atoms with Crippen LogP contribution < -0.4 is 9.47 Å². The topological polar surface area (TPSA) is 52.6 Å². The fourth-order valence-electron chi connectivity index (χ4n) is 3.26. The summed E-state index contributed by atoms with van der Waals surface area (Å²) in [4.78, 5) is 0. The van der Waals surface area contributed by atoms with Gasteiger partial charge in [-0.25, -0.2) is 0 Å². The number of rotatable bonds is 6. The van der Waals surface area contributed by atoms with Crippen molar-refractivity contribution < 1.29 is 17.9 Å². The second kappa shape index (κ2) is 15.3. The SMILES string of the molecule is CC(C)Oc1ccc(-c2ccccc2)cc1.CC(C)Oc1ccc(-c2ccccc2)cc1.O=S=O. The Morgan fingerprint density at radius 2 is 0.714 bits per heavy atom. The molecule has 0 aliphatic rings. The van der Waals surface area contributed by atoms with Gasteiger partial charge in [0.15, 0.2) is 0 Å². The summed E-state index contributed by atoms with van der Waals surface area (Å²) in [6.07, 6.45) is 0.449. The maximum Gasteiger partial charge on any atom is 0.335 e. The molecule has 4 rings (SSSR count). The lowest BCUT2D eigenvalue weighted by Gasteiger charge is -2.10. The van der Waals surface area contributed by atoms with Gasteiger partial charge in [-0.2, -0.15) is 8.42 Å². The maximum atomic E-state index is 8.29. The van der Waals surface area contributed by atoms with Crippen LogP contribution in [0.5, 0.6) is 11.5 Å². The molecule has 0 radical (unpaired) electrons. The standard InChI is InChI=1S/2C15H16O.O2S/c2*1-12(2)16-15-10-8-14(9-11-15)13-6-4-3-5-7-13;1-3-2/h2*3-12H,1-2H3;. The quantitative estimate of drug-likeness (QED) is 0.280. The van der Waals surface area contributed by atoms with Gasteiger partial charge in [0, 0.05) is 0 Å². The highest BCUT2D eigenvalue weighted by Gasteiger charge is 2.00. The summed E-state index contributed by atoms with van der Waals surface area (Å²) in [5, 5.41) is 0. The van der Waals surface area contributed by atoms with Crippen molar-refractivity contribution in [1.82, 2.24) is 0 Å². The summed E-state index contributed by atoms with van der Waals surface area (Å²) in [5.74, 6) is 1.85. The van der Waals surface area contributed by atoms with E-state index in [1.165, 1.54) is 22.3 Å². The molecular formula is C30H32O4S. The average Bonchev–Trinajstić information content (AvgIpc) is 2.86. The molecule has 0 unspecified atom stereocenters. The third-order valence-corrected chi connectivity index (χ3v) is 4.67. The van der Waals surface area contributed by atoms with Crippen LogP contribution in [0.25, 0.3) is 22.3 Å². The van der Waals surface area contributed by atoms with Gasteiger partial charge >= 0.3 is 11.6 Å². The minimum Gasteiger partial charge on any atom is -0.491 e. The number of hydrogen-bond donors (Lipinski definition) is 0. The molecule has 0 aliphatic heterocycles. The maximum absolute atomic E-state index is 8.29. The van der Waals surface area contributed by atoms with Gasteiger partial charge in [-0.05, 0) is 74.2 Å². The second-order valence-electron chi connectivity index (χ2n) is 8.18. The average molecular weight is 489 g/mol. The number of hydrogen-bond acceptors (Lipinski definition) is 4. The molecule has 0 amide bonds. The van der Waals surface area contributed by atoms with Crippen molar-refractivity contribution in [3.8, 4) is 33.8 Å². The molecule has 35 heavy (non-hydrogen) atoms. The van der Waals surface area contributed by atoms with Crippen molar-refractivity contribution in [2.75, 3.05) is 0 Å². The van der Waals surface area contributed by atoms with Crippen molar-refractivity contribution in [2.24, 2.45) is 0 Å². The van der Waals surface area contributed by atoms with Crippen LogP contribution in [0.15, 0.2) is 109 Å². The lowest BCUT2D eigenvalue weighted by Crippen LogP contribution is -2.05. The van der Waals surface area contributed by atoms with E-state index < -0.39 is 11.6 Å². The first-order valence-electron chi connectivity index (χ1n) is 11.5. The number of benzene rings is 4. The first kappa shape index (κ1) is 27.5. The van der Waals surface area contributed by atoms with Gasteiger partial charge in [0.05, 0.1) is 12.2 Å². The van der Waals surface area contributed by atoms with E-state index in [1.807, 2.05) is 88.4 Å². The fourth-order valence-corrected chi connectivity index (χ4v) is 3.26. The van der Waals surface area contributed by atoms with Crippen LogP contribution in [-0.2, 0) is 11.6 Å². The zero-order valence-corrected chi connectivity index (χ0v) is 21.4. The predicted octanol–water partition coefficient (Wildman–Crippen LogP) is 7.61. The van der Waals surface area contributed by atoms with E-state index in [0.717, 1.165) is 11.5 Å². The third-order valence-electron chi connectivity index (χ3n) is 4.67. The Morgan fingerprint density at radius 1 is 0.457 bits per heavy atom. The molecule has 4 aromatic rings. The Bertz CT molecular complexity index is 1050. The summed E-state index contributed by atoms with van der Waals surface area (Å²) < 4.78 is 27.8. The van der Waals surface area contributed by atoms with Crippen LogP contribution in [0.2, 0.25) is 0 Å². The first-order chi connectivity index (χ1) is 16.9. The summed E-state index contributed by atoms with van der Waals surface area (Å²) in [6, 6.07) is 37.1. The van der Waals surface area contributed by atoms with Crippen LogP contribution in [0, 0.1) is 0 Å². The van der Waals surface area contributed by atoms with E-state index in [1.54, 1.807) is 0 Å². The van der Waals surface area contributed by atoms with Gasteiger partial charge in [-0.15, -0.1) is 0 Å². The zero-order chi connectivity index (χ0) is 25.5. The highest BCUT2D eigenvalue weighted by atomic mass is 32.1.